The molecule has 3 unspecified atom stereocenters. The fourth-order valence-electron chi connectivity index (χ4n) is 4.67. The number of hydrogen-bond donors (Lipinski definition) is 4. The highest BCUT2D eigenvalue weighted by atomic mass is 19.4. The Labute approximate surface area is 220 Å². The van der Waals surface area contributed by atoms with Gasteiger partial charge >= 0.3 is 6.18 Å². The van der Waals surface area contributed by atoms with Gasteiger partial charge in [0, 0.05) is 41.5 Å². The molecule has 0 radical (unpaired) electrons. The van der Waals surface area contributed by atoms with Crippen LogP contribution in [-0.4, -0.2) is 12.5 Å². The molecule has 6 nitrogen and oxygen atoms in total. The zero-order valence-corrected chi connectivity index (χ0v) is 21.3. The van der Waals surface area contributed by atoms with E-state index in [4.69, 9.17) is 5.84 Å². The number of carbonyl (C=O) groups excluding carboxylic acids is 1. The molecule has 0 aliphatic carbocycles. The van der Waals surface area contributed by atoms with E-state index in [9.17, 15) is 18.0 Å². The summed E-state index contributed by atoms with van der Waals surface area (Å²) in [4.78, 5) is 13.1. The van der Waals surface area contributed by atoms with Gasteiger partial charge in [0.15, 0.2) is 0 Å². The quantitative estimate of drug-likeness (QED) is 0.128. The van der Waals surface area contributed by atoms with Crippen molar-refractivity contribution in [2.45, 2.75) is 38.7 Å². The minimum atomic E-state index is -4.50. The average molecular weight is 524 g/mol. The largest absolute Gasteiger partial charge is 0.416 e. The number of nitrogens with two attached hydrogens (primary N) is 1. The molecule has 3 atom stereocenters. The Balaban J connectivity index is 1.70. The van der Waals surface area contributed by atoms with E-state index in [0.29, 0.717) is 17.9 Å². The minimum Gasteiger partial charge on any atom is -0.388 e. The highest BCUT2D eigenvalue weighted by Crippen LogP contribution is 2.41. The van der Waals surface area contributed by atoms with Gasteiger partial charge < -0.3 is 10.6 Å². The number of amides is 1. The van der Waals surface area contributed by atoms with Crippen molar-refractivity contribution < 1.29 is 18.0 Å². The van der Waals surface area contributed by atoms with Gasteiger partial charge in [-0.15, -0.1) is 0 Å². The molecular weight excluding hydrogens is 491 g/mol. The number of fused-ring (bicyclic) bond motifs is 1. The molecule has 1 aliphatic heterocycles. The molecule has 1 aliphatic rings. The SMILES string of the molecule is CCCN/C(=C/C(=O)N(N)c1ccccc1)C(C)C1NC(c2ccccc2C(F)(F)F)Nc2ccccc21. The maximum atomic E-state index is 13.9. The van der Waals surface area contributed by atoms with Crippen molar-refractivity contribution in [3.8, 4) is 0 Å². The van der Waals surface area contributed by atoms with Gasteiger partial charge in [0.05, 0.1) is 11.3 Å². The number of halogens is 3. The first-order valence-electron chi connectivity index (χ1n) is 12.6. The second-order valence-corrected chi connectivity index (χ2v) is 9.25. The third kappa shape index (κ3) is 6.00. The maximum absolute atomic E-state index is 13.9. The third-order valence-electron chi connectivity index (χ3n) is 6.64. The second-order valence-electron chi connectivity index (χ2n) is 9.25. The van der Waals surface area contributed by atoms with Gasteiger partial charge in [-0.05, 0) is 36.2 Å². The fourth-order valence-corrected chi connectivity index (χ4v) is 4.67. The number of benzene rings is 3. The molecule has 0 aromatic heterocycles. The zero-order valence-electron chi connectivity index (χ0n) is 21.3. The molecule has 0 saturated carbocycles. The first-order chi connectivity index (χ1) is 18.2. The smallest absolute Gasteiger partial charge is 0.388 e. The van der Waals surface area contributed by atoms with Crippen molar-refractivity contribution in [3.05, 3.63) is 107 Å². The van der Waals surface area contributed by atoms with E-state index in [1.54, 1.807) is 30.3 Å². The Bertz CT molecular complexity index is 1280. The number of rotatable bonds is 8. The van der Waals surface area contributed by atoms with Gasteiger partial charge in [-0.25, -0.2) is 10.9 Å². The lowest BCUT2D eigenvalue weighted by Crippen LogP contribution is -2.42. The summed E-state index contributed by atoms with van der Waals surface area (Å²) < 4.78 is 41.6. The van der Waals surface area contributed by atoms with Crippen molar-refractivity contribution in [3.63, 3.8) is 0 Å². The Morgan fingerprint density at radius 1 is 1.03 bits per heavy atom. The molecule has 3 aromatic rings. The highest BCUT2D eigenvalue weighted by Gasteiger charge is 2.38. The monoisotopic (exact) mass is 523 g/mol. The average Bonchev–Trinajstić information content (AvgIpc) is 2.93. The molecule has 38 heavy (non-hydrogen) atoms. The number of carbonyl (C=O) groups is 1. The van der Waals surface area contributed by atoms with Crippen molar-refractivity contribution in [1.29, 1.82) is 0 Å². The van der Waals surface area contributed by atoms with E-state index in [-0.39, 0.29) is 11.5 Å². The van der Waals surface area contributed by atoms with Crippen LogP contribution in [0.3, 0.4) is 0 Å². The summed E-state index contributed by atoms with van der Waals surface area (Å²) in [6, 6.07) is 21.5. The number of para-hydroxylation sites is 2. The topological polar surface area (TPSA) is 82.4 Å². The first-order valence-corrected chi connectivity index (χ1v) is 12.6. The highest BCUT2D eigenvalue weighted by molar-refractivity contribution is 6.00. The van der Waals surface area contributed by atoms with Crippen molar-refractivity contribution in [2.24, 2.45) is 11.8 Å². The standard InChI is InChI=1S/C29H32F3N5O/c1-3-17-34-25(18-26(38)37(33)20-11-5-4-6-12-20)19(2)27-22-14-8-10-16-24(22)35-28(36-27)21-13-7-9-15-23(21)29(30,31)32/h4-16,18-19,27-28,34-36H,3,17,33H2,1-2H3/b25-18+. The number of hydrazine groups is 1. The predicted molar refractivity (Wildman–Crippen MR) is 144 cm³/mol. The van der Waals surface area contributed by atoms with Gasteiger partial charge in [-0.2, -0.15) is 13.2 Å². The molecule has 4 rings (SSSR count). The zero-order chi connectivity index (χ0) is 27.3. The summed E-state index contributed by atoms with van der Waals surface area (Å²) in [5, 5.41) is 11.0. The number of anilines is 2. The number of hydrogen-bond acceptors (Lipinski definition) is 5. The Kier molecular flexibility index (Phi) is 8.38. The van der Waals surface area contributed by atoms with Crippen LogP contribution in [0.1, 0.15) is 49.2 Å². The molecule has 5 N–H and O–H groups in total. The van der Waals surface area contributed by atoms with E-state index in [2.05, 4.69) is 16.0 Å². The van der Waals surface area contributed by atoms with Crippen LogP contribution in [0.4, 0.5) is 24.5 Å². The van der Waals surface area contributed by atoms with Gasteiger partial charge in [0.1, 0.15) is 6.17 Å². The van der Waals surface area contributed by atoms with Crippen LogP contribution >= 0.6 is 0 Å². The lowest BCUT2D eigenvalue weighted by atomic mass is 9.87. The van der Waals surface area contributed by atoms with Gasteiger partial charge in [-0.1, -0.05) is 68.4 Å². The molecule has 9 heteroatoms. The summed E-state index contributed by atoms with van der Waals surface area (Å²) in [7, 11) is 0. The van der Waals surface area contributed by atoms with Crippen LogP contribution in [0.15, 0.2) is 90.6 Å². The Morgan fingerprint density at radius 2 is 1.66 bits per heavy atom. The lowest BCUT2D eigenvalue weighted by Gasteiger charge is -2.39. The number of alkyl halides is 3. The van der Waals surface area contributed by atoms with Crippen LogP contribution in [0.25, 0.3) is 0 Å². The number of nitrogens with zero attached hydrogens (tertiary/aromatic N) is 1. The molecule has 1 heterocycles. The molecule has 0 fully saturated rings. The van der Waals surface area contributed by atoms with E-state index in [0.717, 1.165) is 28.7 Å². The van der Waals surface area contributed by atoms with Crippen LogP contribution in [0.2, 0.25) is 0 Å². The van der Waals surface area contributed by atoms with E-state index < -0.39 is 29.9 Å². The molecule has 0 bridgehead atoms. The van der Waals surface area contributed by atoms with Gasteiger partial charge in [-0.3, -0.25) is 10.1 Å². The number of nitrogens with one attached hydrogen (secondary N) is 3. The van der Waals surface area contributed by atoms with E-state index in [1.807, 2.05) is 44.2 Å². The van der Waals surface area contributed by atoms with Crippen molar-refractivity contribution in [2.75, 3.05) is 16.9 Å². The first kappa shape index (κ1) is 27.2. The minimum absolute atomic E-state index is 0.104. The van der Waals surface area contributed by atoms with Crippen LogP contribution in [-0.2, 0) is 11.0 Å². The third-order valence-corrected chi connectivity index (χ3v) is 6.64. The molecule has 200 valence electrons. The Morgan fingerprint density at radius 3 is 2.34 bits per heavy atom. The molecular formula is C29H32F3N5O. The van der Waals surface area contributed by atoms with Crippen LogP contribution < -0.4 is 26.8 Å². The summed E-state index contributed by atoms with van der Waals surface area (Å²) in [6.07, 6.45) is -3.01. The lowest BCUT2D eigenvalue weighted by molar-refractivity contribution is -0.138. The van der Waals surface area contributed by atoms with E-state index >= 15 is 0 Å². The molecule has 0 saturated heterocycles. The van der Waals surface area contributed by atoms with Crippen molar-refractivity contribution in [1.82, 2.24) is 10.6 Å². The van der Waals surface area contributed by atoms with E-state index in [1.165, 1.54) is 18.2 Å². The predicted octanol–water partition coefficient (Wildman–Crippen LogP) is 5.89. The molecule has 1 amide bonds. The summed E-state index contributed by atoms with van der Waals surface area (Å²) >= 11 is 0. The molecule has 3 aromatic carbocycles. The summed E-state index contributed by atoms with van der Waals surface area (Å²) in [5.74, 6) is 5.38. The second kappa shape index (κ2) is 11.7. The Hall–Kier alpha value is -3.82. The maximum Gasteiger partial charge on any atom is 0.416 e. The molecule has 0 spiro atoms. The summed E-state index contributed by atoms with van der Waals surface area (Å²) in [5.41, 5.74) is 2.21. The normalized spacial score (nSPS) is 18.2. The fraction of sp³-hybridized carbons (Fsp3) is 0.276. The van der Waals surface area contributed by atoms with Crippen molar-refractivity contribution >= 4 is 17.3 Å². The van der Waals surface area contributed by atoms with Crippen LogP contribution in [0, 0.1) is 5.92 Å². The van der Waals surface area contributed by atoms with Crippen LogP contribution in [0.5, 0.6) is 0 Å². The summed E-state index contributed by atoms with van der Waals surface area (Å²) in [6.45, 7) is 4.57. The van der Waals surface area contributed by atoms with Gasteiger partial charge in [0.25, 0.3) is 5.91 Å². The van der Waals surface area contributed by atoms with Gasteiger partial charge in [0.2, 0.25) is 0 Å².